The minimum absolute atomic E-state index is 1.04. The number of rotatable bonds is 15. The second kappa shape index (κ2) is 20.9. The number of hydrogen-bond donors (Lipinski definition) is 0. The molecule has 0 aromatic rings. The maximum atomic E-state index is 3.59. The zero-order valence-corrected chi connectivity index (χ0v) is 27.0. The molecule has 18 heteroatoms. The lowest BCUT2D eigenvalue weighted by Gasteiger charge is -1.97. The third kappa shape index (κ3) is 19.9. The van der Waals surface area contributed by atoms with Gasteiger partial charge in [0, 0.05) is 156 Å². The van der Waals surface area contributed by atoms with E-state index in [1.165, 1.54) is 120 Å². The molecular formula is Si18. The van der Waals surface area contributed by atoms with E-state index < -0.39 is 0 Å². The average Bonchev–Trinajstić information content (AvgIpc) is 2.39. The van der Waals surface area contributed by atoms with Crippen LogP contribution >= 0.6 is 0 Å². The van der Waals surface area contributed by atoms with Crippen LogP contribution in [0.3, 0.4) is 0 Å². The summed E-state index contributed by atoms with van der Waals surface area (Å²) in [4.78, 5) is 0. The highest BCUT2D eigenvalue weighted by molar-refractivity contribution is 7.74. The van der Waals surface area contributed by atoms with Gasteiger partial charge in [-0.15, -0.1) is 0 Å². The predicted molar refractivity (Wildman–Crippen MR) is 104 cm³/mol. The molecule has 0 spiro atoms. The molecular weight excluding hydrogens is 506 g/mol. The highest BCUT2D eigenvalue weighted by atomic mass is 30.1. The molecule has 0 aliphatic rings. The summed E-state index contributed by atoms with van der Waals surface area (Å²) >= 11 is 0. The second-order valence-electron chi connectivity index (χ2n) is 2.00. The third-order valence-electron chi connectivity index (χ3n) is 0.938. The van der Waals surface area contributed by atoms with Crippen LogP contribution in [0.2, 0.25) is 0 Å². The Morgan fingerprint density at radius 2 is 0.444 bits per heavy atom. The third-order valence-corrected chi connectivity index (χ3v) is 75.9. The first kappa shape index (κ1) is 21.9. The van der Waals surface area contributed by atoms with Crippen LogP contribution in [0.15, 0.2) is 0 Å². The molecule has 38 radical (unpaired) electrons. The van der Waals surface area contributed by atoms with Crippen molar-refractivity contribution in [3.63, 3.8) is 0 Å². The van der Waals surface area contributed by atoms with E-state index in [0.29, 0.717) is 0 Å². The van der Waals surface area contributed by atoms with Crippen molar-refractivity contribution in [2.24, 2.45) is 0 Å². The Hall–Kier alpha value is 3.90. The molecule has 0 fully saturated rings. The fraction of sp³-hybridized carbons (Fsp3) is 0. The largest absolute Gasteiger partial charge is 0 e. The van der Waals surface area contributed by atoms with E-state index in [0.717, 1.165) is 17.1 Å². The van der Waals surface area contributed by atoms with Crippen LogP contribution in [-0.4, -0.2) is 156 Å². The summed E-state index contributed by atoms with van der Waals surface area (Å²) in [6.07, 6.45) is 0. The van der Waals surface area contributed by atoms with Gasteiger partial charge in [0.1, 0.15) is 0 Å². The first-order chi connectivity index (χ1) is 8.91. The van der Waals surface area contributed by atoms with Gasteiger partial charge in [-0.2, -0.15) is 0 Å². The van der Waals surface area contributed by atoms with Gasteiger partial charge in [-0.1, -0.05) is 0 Å². The van der Waals surface area contributed by atoms with Crippen molar-refractivity contribution in [3.8, 4) is 0 Å². The van der Waals surface area contributed by atoms with Gasteiger partial charge in [-0.05, 0) is 0 Å². The molecule has 0 aromatic heterocycles. The van der Waals surface area contributed by atoms with Gasteiger partial charge in [0.25, 0.3) is 0 Å². The molecule has 0 N–H and O–H groups in total. The molecule has 0 amide bonds. The van der Waals surface area contributed by atoms with Crippen molar-refractivity contribution < 1.29 is 0 Å². The van der Waals surface area contributed by atoms with E-state index in [1.54, 1.807) is 0 Å². The molecule has 0 aliphatic carbocycles. The average molecular weight is 506 g/mol. The molecule has 0 rings (SSSR count). The van der Waals surface area contributed by atoms with E-state index in [1.807, 2.05) is 0 Å². The summed E-state index contributed by atoms with van der Waals surface area (Å²) < 4.78 is 0. The van der Waals surface area contributed by atoms with Crippen molar-refractivity contribution >= 4 is 156 Å². The van der Waals surface area contributed by atoms with Gasteiger partial charge in [0.15, 0.2) is 0 Å². The van der Waals surface area contributed by atoms with E-state index in [9.17, 15) is 0 Å². The maximum absolute atomic E-state index is 3.59. The van der Waals surface area contributed by atoms with Gasteiger partial charge in [-0.3, -0.25) is 0 Å². The molecule has 0 aliphatic heterocycles. The Balaban J connectivity index is 2.86. The van der Waals surface area contributed by atoms with Crippen molar-refractivity contribution in [2.45, 2.75) is 0 Å². The van der Waals surface area contributed by atoms with Gasteiger partial charge < -0.3 is 0 Å². The quantitative estimate of drug-likeness (QED) is 0.153. The lowest BCUT2D eigenvalue weighted by Crippen LogP contribution is -2.35. The molecule has 0 saturated heterocycles. The molecule has 0 bridgehead atoms. The summed E-state index contributed by atoms with van der Waals surface area (Å²) in [7, 11) is 27.8. The monoisotopic (exact) mass is 504 g/mol. The molecule has 72 valence electrons. The smallest absolute Gasteiger partial charge is 0 e. The lowest BCUT2D eigenvalue weighted by atomic mass is 26.1. The normalized spacial score (nSPS) is 11.0. The topological polar surface area (TPSA) is 0 Å². The summed E-state index contributed by atoms with van der Waals surface area (Å²) in [5, 5.41) is 0. The van der Waals surface area contributed by atoms with Crippen molar-refractivity contribution in [1.29, 1.82) is 0 Å². The Morgan fingerprint density at radius 3 is 0.611 bits per heavy atom. The van der Waals surface area contributed by atoms with Crippen LogP contribution in [-0.2, 0) is 0 Å². The molecule has 0 heterocycles. The van der Waals surface area contributed by atoms with Gasteiger partial charge in [-0.25, -0.2) is 0 Å². The van der Waals surface area contributed by atoms with Crippen LogP contribution in [0.5, 0.6) is 0 Å². The summed E-state index contributed by atoms with van der Waals surface area (Å²) in [6.45, 7) is 0. The highest BCUT2D eigenvalue weighted by Gasteiger charge is 1.99. The zero-order valence-electron chi connectivity index (χ0n) is 9.00. The van der Waals surface area contributed by atoms with Crippen LogP contribution in [0.1, 0.15) is 0 Å². The molecule has 18 heavy (non-hydrogen) atoms. The van der Waals surface area contributed by atoms with E-state index >= 15 is 0 Å². The highest BCUT2D eigenvalue weighted by Crippen LogP contribution is 1.60. The molecule has 0 saturated carbocycles. The zero-order chi connectivity index (χ0) is 13.3. The van der Waals surface area contributed by atoms with Crippen LogP contribution < -0.4 is 0 Å². The van der Waals surface area contributed by atoms with Gasteiger partial charge in [0.2, 0.25) is 0 Å². The summed E-state index contributed by atoms with van der Waals surface area (Å²) in [5.74, 6) is 0. The lowest BCUT2D eigenvalue weighted by molar-refractivity contribution is 3.78. The summed E-state index contributed by atoms with van der Waals surface area (Å²) in [6, 6.07) is 0. The van der Waals surface area contributed by atoms with E-state index in [-0.39, 0.29) is 0 Å². The first-order valence-corrected chi connectivity index (χ1v) is 38.2. The van der Waals surface area contributed by atoms with Crippen molar-refractivity contribution in [3.05, 3.63) is 0 Å². The van der Waals surface area contributed by atoms with E-state index in [4.69, 9.17) is 0 Å². The van der Waals surface area contributed by atoms with Crippen molar-refractivity contribution in [1.82, 2.24) is 0 Å². The van der Waals surface area contributed by atoms with Gasteiger partial charge in [0.05, 0.1) is 0 Å². The van der Waals surface area contributed by atoms with Crippen LogP contribution in [0.4, 0.5) is 0 Å². The van der Waals surface area contributed by atoms with Gasteiger partial charge >= 0.3 is 0 Å². The fourth-order valence-electron chi connectivity index (χ4n) is 0.438. The number of hydrogen-bond acceptors (Lipinski definition) is 0. The predicted octanol–water partition coefficient (Wildman–Crippen LogP) is -6.85. The van der Waals surface area contributed by atoms with Crippen LogP contribution in [0, 0.1) is 0 Å². The second-order valence-corrected chi connectivity index (χ2v) is 54.0. The van der Waals surface area contributed by atoms with Crippen LogP contribution in [0.25, 0.3) is 0 Å². The molecule has 0 nitrogen and oxygen atoms in total. The minimum Gasteiger partial charge on any atom is 0 e. The van der Waals surface area contributed by atoms with E-state index in [2.05, 4.69) is 19.5 Å². The standard InChI is InChI=1S/Si18/c1-3-5-7-9-11-13-15-17-18-16-14-12-10-8-6-4-2. The molecule has 0 atom stereocenters. The Labute approximate surface area is 154 Å². The summed E-state index contributed by atoms with van der Waals surface area (Å²) in [5.41, 5.74) is 0. The molecule has 0 unspecified atom stereocenters. The van der Waals surface area contributed by atoms with Crippen molar-refractivity contribution in [2.75, 3.05) is 0 Å². The Morgan fingerprint density at radius 1 is 0.278 bits per heavy atom. The Bertz CT molecular complexity index is 112. The first-order valence-electron chi connectivity index (χ1n) is 4.25. The Kier molecular flexibility index (Phi) is 25.4. The maximum Gasteiger partial charge on any atom is 0 e. The minimum atomic E-state index is 1.04. The molecule has 0 aromatic carbocycles. The SMILES string of the molecule is [Si][Si][Si][Si][Si][Si][Si][Si][Si][Si][Si][Si][Si][Si][Si][Si][Si][Si]. The fourth-order valence-corrected chi connectivity index (χ4v) is 106.